The maximum Gasteiger partial charge on any atom is 0.341 e. The summed E-state index contributed by atoms with van der Waals surface area (Å²) in [4.78, 5) is 23.2. The molecule has 0 bridgehead atoms. The molecule has 0 saturated heterocycles. The van der Waals surface area contributed by atoms with Crippen molar-refractivity contribution in [2.24, 2.45) is 0 Å². The van der Waals surface area contributed by atoms with Crippen LogP contribution in [0.15, 0.2) is 40.4 Å². The van der Waals surface area contributed by atoms with Crippen molar-refractivity contribution in [1.82, 2.24) is 0 Å². The summed E-state index contributed by atoms with van der Waals surface area (Å²) >= 11 is 5.33. The zero-order valence-electron chi connectivity index (χ0n) is 15.0. The smallest absolute Gasteiger partial charge is 0.341 e. The predicted octanol–water partition coefficient (Wildman–Crippen LogP) is 4.68. The molecule has 0 fully saturated rings. The summed E-state index contributed by atoms with van der Waals surface area (Å²) in [5.74, 6) is -1.20. The summed E-state index contributed by atoms with van der Waals surface area (Å²) in [6.07, 6.45) is 1.47. The second-order valence-corrected chi connectivity index (χ2v) is 7.95. The minimum Gasteiger partial charge on any atom is -0.480 e. The average Bonchev–Trinajstić information content (AvgIpc) is 2.61. The first-order valence-corrected chi connectivity index (χ1v) is 9.92. The topological polar surface area (TPSA) is 99.4 Å². The van der Waals surface area contributed by atoms with E-state index in [4.69, 9.17) is 9.84 Å². The van der Waals surface area contributed by atoms with Crippen molar-refractivity contribution in [3.63, 3.8) is 0 Å². The highest BCUT2D eigenvalue weighted by molar-refractivity contribution is 14.1. The Morgan fingerprint density at radius 3 is 2.64 bits per heavy atom. The van der Waals surface area contributed by atoms with Gasteiger partial charge in [0.25, 0.3) is 5.91 Å². The summed E-state index contributed by atoms with van der Waals surface area (Å²) in [5.41, 5.74) is 3.10. The molecule has 2 aromatic carbocycles. The molecule has 144 valence electrons. The predicted molar refractivity (Wildman–Crippen MR) is 118 cm³/mol. The molecule has 2 aromatic rings. The first kappa shape index (κ1) is 21.9. The monoisotopic (exact) mass is 554 g/mol. The Morgan fingerprint density at radius 1 is 1.32 bits per heavy atom. The summed E-state index contributed by atoms with van der Waals surface area (Å²) in [5, 5.41) is 20.9. The maximum atomic E-state index is 12.5. The number of nitrogens with zero attached hydrogens (tertiary/aromatic N) is 1. The number of ether oxygens (including phenoxy) is 1. The Kier molecular flexibility index (Phi) is 7.60. The van der Waals surface area contributed by atoms with Crippen molar-refractivity contribution in [1.29, 1.82) is 5.26 Å². The molecule has 0 saturated carbocycles. The number of halogens is 2. The van der Waals surface area contributed by atoms with E-state index in [1.54, 1.807) is 12.1 Å². The lowest BCUT2D eigenvalue weighted by Gasteiger charge is -2.10. The number of carbonyl (C=O) groups is 2. The lowest BCUT2D eigenvalue weighted by atomic mass is 10.1. The van der Waals surface area contributed by atoms with Gasteiger partial charge < -0.3 is 15.2 Å². The molecule has 1 amide bonds. The summed E-state index contributed by atoms with van der Waals surface area (Å²) in [7, 11) is 0. The Morgan fingerprint density at radius 2 is 2.04 bits per heavy atom. The van der Waals surface area contributed by atoms with E-state index in [2.05, 4.69) is 21.2 Å². The molecule has 0 aromatic heterocycles. The van der Waals surface area contributed by atoms with Gasteiger partial charge in [-0.1, -0.05) is 12.1 Å². The molecule has 28 heavy (non-hydrogen) atoms. The van der Waals surface area contributed by atoms with E-state index in [0.717, 1.165) is 11.1 Å². The van der Waals surface area contributed by atoms with Gasteiger partial charge in [-0.05, 0) is 93.3 Å². The fourth-order valence-electron chi connectivity index (χ4n) is 2.31. The Balaban J connectivity index is 2.28. The molecule has 0 aliphatic carbocycles. The van der Waals surface area contributed by atoms with Crippen LogP contribution in [0.1, 0.15) is 16.7 Å². The Bertz CT molecular complexity index is 989. The lowest BCUT2D eigenvalue weighted by Crippen LogP contribution is -2.14. The second kappa shape index (κ2) is 9.71. The molecular formula is C20H16BrIN2O4. The number of hydrogen-bond donors (Lipinski definition) is 2. The van der Waals surface area contributed by atoms with Crippen LogP contribution in [0.4, 0.5) is 5.69 Å². The molecule has 0 unspecified atom stereocenters. The number of aryl methyl sites for hydroxylation is 2. The number of amides is 1. The zero-order chi connectivity index (χ0) is 20.8. The molecule has 6 nitrogen and oxygen atoms in total. The van der Waals surface area contributed by atoms with Crippen LogP contribution in [0.5, 0.6) is 5.75 Å². The van der Waals surface area contributed by atoms with E-state index in [0.29, 0.717) is 25.0 Å². The van der Waals surface area contributed by atoms with Crippen LogP contribution in [-0.2, 0) is 9.59 Å². The largest absolute Gasteiger partial charge is 0.480 e. The molecule has 0 atom stereocenters. The third-order valence-corrected chi connectivity index (χ3v) is 5.07. The molecule has 0 heterocycles. The van der Waals surface area contributed by atoms with Crippen LogP contribution in [0.25, 0.3) is 6.08 Å². The number of anilines is 1. The molecule has 0 aliphatic rings. The highest BCUT2D eigenvalue weighted by atomic mass is 127. The third-order valence-electron chi connectivity index (χ3n) is 3.68. The number of carboxylic acid groups (broad SMARTS) is 1. The lowest BCUT2D eigenvalue weighted by molar-refractivity contribution is -0.139. The van der Waals surface area contributed by atoms with Gasteiger partial charge >= 0.3 is 5.97 Å². The van der Waals surface area contributed by atoms with Crippen LogP contribution in [-0.4, -0.2) is 23.6 Å². The molecular weight excluding hydrogens is 539 g/mol. The van der Waals surface area contributed by atoms with E-state index in [1.165, 1.54) is 6.08 Å². The number of carboxylic acids is 1. The Labute approximate surface area is 184 Å². The number of nitrogens with one attached hydrogen (secondary N) is 1. The van der Waals surface area contributed by atoms with Crippen LogP contribution in [0.2, 0.25) is 0 Å². The maximum absolute atomic E-state index is 12.5. The third kappa shape index (κ3) is 5.81. The van der Waals surface area contributed by atoms with Crippen molar-refractivity contribution >= 4 is 62.2 Å². The van der Waals surface area contributed by atoms with E-state index in [9.17, 15) is 14.9 Å². The number of hydrogen-bond acceptors (Lipinski definition) is 4. The van der Waals surface area contributed by atoms with E-state index in [-0.39, 0.29) is 5.57 Å². The van der Waals surface area contributed by atoms with Crippen molar-refractivity contribution in [2.75, 3.05) is 11.9 Å². The normalized spacial score (nSPS) is 10.9. The Hall–Kier alpha value is -2.38. The standard InChI is InChI=1S/C20H16BrIN2O4/c1-11-3-4-12(2)17(5-11)24-20(27)14(9-23)6-13-7-15(21)19(16(22)8-13)28-10-18(25)26/h3-8H,10H2,1-2H3,(H,24,27)(H,25,26)/b14-6+. The molecule has 2 rings (SSSR count). The summed E-state index contributed by atoms with van der Waals surface area (Å²) in [6.45, 7) is 3.33. The van der Waals surface area contributed by atoms with Crippen LogP contribution >= 0.6 is 38.5 Å². The van der Waals surface area contributed by atoms with Crippen molar-refractivity contribution < 1.29 is 19.4 Å². The highest BCUT2D eigenvalue weighted by Gasteiger charge is 2.14. The molecule has 0 radical (unpaired) electrons. The first-order chi connectivity index (χ1) is 13.2. The quantitative estimate of drug-likeness (QED) is 0.307. The second-order valence-electron chi connectivity index (χ2n) is 5.94. The van der Waals surface area contributed by atoms with Gasteiger partial charge in [-0.3, -0.25) is 4.79 Å². The van der Waals surface area contributed by atoms with E-state index >= 15 is 0 Å². The van der Waals surface area contributed by atoms with Crippen molar-refractivity contribution in [2.45, 2.75) is 13.8 Å². The number of nitriles is 1. The average molecular weight is 555 g/mol. The summed E-state index contributed by atoms with van der Waals surface area (Å²) < 4.78 is 6.42. The van der Waals surface area contributed by atoms with Gasteiger partial charge in [0.05, 0.1) is 8.04 Å². The van der Waals surface area contributed by atoms with Crippen LogP contribution < -0.4 is 10.1 Å². The first-order valence-electron chi connectivity index (χ1n) is 8.05. The van der Waals surface area contributed by atoms with E-state index < -0.39 is 18.5 Å². The fraction of sp³-hybridized carbons (Fsp3) is 0.150. The molecule has 2 N–H and O–H groups in total. The highest BCUT2D eigenvalue weighted by Crippen LogP contribution is 2.32. The minimum atomic E-state index is -1.08. The molecule has 0 spiro atoms. The number of aliphatic carboxylic acids is 1. The van der Waals surface area contributed by atoms with Gasteiger partial charge in [0, 0.05) is 5.69 Å². The number of benzene rings is 2. The van der Waals surface area contributed by atoms with Gasteiger partial charge in [-0.15, -0.1) is 0 Å². The van der Waals surface area contributed by atoms with E-state index in [1.807, 2.05) is 60.7 Å². The SMILES string of the molecule is Cc1ccc(C)c(NC(=O)/C(C#N)=C/c2cc(Br)c(OCC(=O)O)c(I)c2)c1. The summed E-state index contributed by atoms with van der Waals surface area (Å²) in [6, 6.07) is 11.0. The fourth-order valence-corrected chi connectivity index (χ4v) is 4.08. The zero-order valence-corrected chi connectivity index (χ0v) is 18.8. The van der Waals surface area contributed by atoms with Gasteiger partial charge in [0.2, 0.25) is 0 Å². The van der Waals surface area contributed by atoms with Gasteiger partial charge in [0.1, 0.15) is 17.4 Å². The minimum absolute atomic E-state index is 0.0530. The van der Waals surface area contributed by atoms with Crippen molar-refractivity contribution in [3.05, 3.63) is 60.6 Å². The van der Waals surface area contributed by atoms with Crippen LogP contribution in [0, 0.1) is 28.7 Å². The number of rotatable bonds is 6. The van der Waals surface area contributed by atoms with Gasteiger partial charge in [0.15, 0.2) is 6.61 Å². The number of carbonyl (C=O) groups excluding carboxylic acids is 1. The van der Waals surface area contributed by atoms with Gasteiger partial charge in [-0.25, -0.2) is 4.79 Å². The van der Waals surface area contributed by atoms with Crippen molar-refractivity contribution in [3.8, 4) is 11.8 Å². The molecule has 8 heteroatoms. The van der Waals surface area contributed by atoms with Crippen LogP contribution in [0.3, 0.4) is 0 Å². The molecule has 0 aliphatic heterocycles. The van der Waals surface area contributed by atoms with Gasteiger partial charge in [-0.2, -0.15) is 5.26 Å².